The van der Waals surface area contributed by atoms with E-state index in [9.17, 15) is 14.4 Å². The van der Waals surface area contributed by atoms with Crippen LogP contribution in [0.1, 0.15) is 13.8 Å². The van der Waals surface area contributed by atoms with E-state index in [0.29, 0.717) is 5.01 Å². The largest absolute Gasteiger partial charge is 0.352 e. The van der Waals surface area contributed by atoms with Gasteiger partial charge in [0.25, 0.3) is 5.91 Å². The fourth-order valence-corrected chi connectivity index (χ4v) is 0.374. The van der Waals surface area contributed by atoms with E-state index in [0.717, 1.165) is 0 Å². The second-order valence-corrected chi connectivity index (χ2v) is 2.55. The lowest BCUT2D eigenvalue weighted by Crippen LogP contribution is -2.41. The van der Waals surface area contributed by atoms with Crippen LogP contribution >= 0.6 is 0 Å². The fraction of sp³-hybridized carbons (Fsp3) is 0.286. The van der Waals surface area contributed by atoms with Crippen LogP contribution in [-0.4, -0.2) is 22.9 Å². The number of hydrogen-bond donors (Lipinski definition) is 3. The first-order valence-electron chi connectivity index (χ1n) is 3.67. The normalized spacial score (nSPS) is 11.2. The Hall–Kier alpha value is -1.89. The zero-order chi connectivity index (χ0) is 11.3. The molecule has 0 unspecified atom stereocenters. The Kier molecular flexibility index (Phi) is 4.30. The van der Waals surface area contributed by atoms with Gasteiger partial charge in [-0.1, -0.05) is 6.58 Å². The summed E-state index contributed by atoms with van der Waals surface area (Å²) in [6.45, 7) is 6.04. The average molecular weight is 200 g/mol. The minimum absolute atomic E-state index is 0.0833. The topological polar surface area (TPSA) is 124 Å². The van der Waals surface area contributed by atoms with Gasteiger partial charge in [0.1, 0.15) is 0 Å². The summed E-state index contributed by atoms with van der Waals surface area (Å²) < 4.78 is 0. The third kappa shape index (κ3) is 4.88. The minimum Gasteiger partial charge on any atom is -0.273 e. The standard InChI is InChI=1S/C6H10N2O2.CH2N2O/c1-4(2)6(10)8(7)5(3)9;4-1-2-3-1/h1,7H2,2-3H3;(H2,2,3,4). The predicted molar refractivity (Wildman–Crippen MR) is 48.2 cm³/mol. The zero-order valence-electron chi connectivity index (χ0n) is 7.96. The molecule has 78 valence electrons. The van der Waals surface area contributed by atoms with Crippen molar-refractivity contribution in [1.29, 1.82) is 0 Å². The van der Waals surface area contributed by atoms with Crippen LogP contribution in [0.25, 0.3) is 0 Å². The maximum absolute atomic E-state index is 10.8. The van der Waals surface area contributed by atoms with Crippen LogP contribution in [0.2, 0.25) is 0 Å². The molecule has 7 nitrogen and oxygen atoms in total. The fourth-order valence-electron chi connectivity index (χ4n) is 0.374. The number of nitrogens with one attached hydrogen (secondary N) is 2. The number of imide groups is 1. The molecule has 0 radical (unpaired) electrons. The van der Waals surface area contributed by atoms with Crippen molar-refractivity contribution in [1.82, 2.24) is 15.9 Å². The molecule has 0 spiro atoms. The Bertz CT molecular complexity index is 281. The monoisotopic (exact) mass is 200 g/mol. The summed E-state index contributed by atoms with van der Waals surface area (Å²) in [4.78, 5) is 30.5. The Morgan fingerprint density at radius 1 is 1.36 bits per heavy atom. The summed E-state index contributed by atoms with van der Waals surface area (Å²) in [6.07, 6.45) is 0. The molecule has 0 aromatic carbocycles. The number of carbonyl (C=O) groups is 3. The molecule has 1 heterocycles. The molecular formula is C7H12N4O3. The average Bonchev–Trinajstić information content (AvgIpc) is 2.85. The van der Waals surface area contributed by atoms with Gasteiger partial charge < -0.3 is 0 Å². The van der Waals surface area contributed by atoms with Gasteiger partial charge in [-0.25, -0.2) is 26.5 Å². The molecule has 0 saturated carbocycles. The van der Waals surface area contributed by atoms with Gasteiger partial charge in [-0.15, -0.1) is 0 Å². The second-order valence-electron chi connectivity index (χ2n) is 2.55. The molecule has 0 aliphatic carbocycles. The summed E-state index contributed by atoms with van der Waals surface area (Å²) in [7, 11) is 0. The van der Waals surface area contributed by atoms with Crippen molar-refractivity contribution in [2.24, 2.45) is 5.84 Å². The van der Waals surface area contributed by atoms with E-state index in [1.165, 1.54) is 13.8 Å². The molecule has 1 fully saturated rings. The summed E-state index contributed by atoms with van der Waals surface area (Å²) in [5.74, 6) is 3.99. The molecule has 1 aliphatic heterocycles. The highest BCUT2D eigenvalue weighted by Gasteiger charge is 2.12. The number of carbonyl (C=O) groups excluding carboxylic acids is 3. The first kappa shape index (κ1) is 12.1. The first-order valence-corrected chi connectivity index (χ1v) is 3.67. The summed E-state index contributed by atoms with van der Waals surface area (Å²) in [5.41, 5.74) is 4.66. The number of urea groups is 1. The Morgan fingerprint density at radius 3 is 1.79 bits per heavy atom. The van der Waals surface area contributed by atoms with Crippen molar-refractivity contribution >= 4 is 17.8 Å². The lowest BCUT2D eigenvalue weighted by molar-refractivity contribution is -0.141. The molecule has 7 heteroatoms. The molecule has 0 atom stereocenters. The van der Waals surface area contributed by atoms with E-state index >= 15 is 0 Å². The molecule has 0 aromatic heterocycles. The van der Waals surface area contributed by atoms with Gasteiger partial charge in [-0.2, -0.15) is 0 Å². The van der Waals surface area contributed by atoms with Gasteiger partial charge >= 0.3 is 6.03 Å². The minimum atomic E-state index is -0.549. The van der Waals surface area contributed by atoms with Crippen molar-refractivity contribution in [2.45, 2.75) is 13.8 Å². The van der Waals surface area contributed by atoms with E-state index in [4.69, 9.17) is 5.84 Å². The molecular weight excluding hydrogens is 188 g/mol. The predicted octanol–water partition coefficient (Wildman–Crippen LogP) is -0.974. The first-order chi connectivity index (χ1) is 6.36. The zero-order valence-corrected chi connectivity index (χ0v) is 7.96. The Labute approximate surface area is 80.9 Å². The molecule has 0 bridgehead atoms. The molecule has 1 aliphatic rings. The molecule has 1 rings (SSSR count). The SMILES string of the molecule is C=C(C)C(=O)N(N)C(C)=O.O=C1NN1. The van der Waals surface area contributed by atoms with Gasteiger partial charge in [0.15, 0.2) is 0 Å². The van der Waals surface area contributed by atoms with Crippen LogP contribution in [0.5, 0.6) is 0 Å². The quantitative estimate of drug-likeness (QED) is 0.165. The van der Waals surface area contributed by atoms with Crippen LogP contribution in [0.4, 0.5) is 4.79 Å². The van der Waals surface area contributed by atoms with Gasteiger partial charge in [0, 0.05) is 12.5 Å². The molecule has 4 amide bonds. The van der Waals surface area contributed by atoms with Crippen LogP contribution < -0.4 is 16.7 Å². The Balaban J connectivity index is 0.000000344. The van der Waals surface area contributed by atoms with E-state index < -0.39 is 11.8 Å². The van der Waals surface area contributed by atoms with Crippen molar-refractivity contribution in [2.75, 3.05) is 0 Å². The van der Waals surface area contributed by atoms with Crippen LogP contribution in [0.3, 0.4) is 0 Å². The van der Waals surface area contributed by atoms with Crippen LogP contribution in [0.15, 0.2) is 12.2 Å². The lowest BCUT2D eigenvalue weighted by atomic mass is 10.3. The van der Waals surface area contributed by atoms with Crippen molar-refractivity contribution in [3.8, 4) is 0 Å². The summed E-state index contributed by atoms with van der Waals surface area (Å²) in [6, 6.07) is -0.0833. The lowest BCUT2D eigenvalue weighted by Gasteiger charge is -2.10. The van der Waals surface area contributed by atoms with E-state index in [2.05, 4.69) is 17.4 Å². The van der Waals surface area contributed by atoms with Crippen molar-refractivity contribution in [3.05, 3.63) is 12.2 Å². The summed E-state index contributed by atoms with van der Waals surface area (Å²) >= 11 is 0. The molecule has 1 saturated heterocycles. The third-order valence-electron chi connectivity index (χ3n) is 1.15. The van der Waals surface area contributed by atoms with Crippen LogP contribution in [-0.2, 0) is 9.59 Å². The maximum Gasteiger partial charge on any atom is 0.352 e. The van der Waals surface area contributed by atoms with Gasteiger partial charge in [0.2, 0.25) is 5.91 Å². The highest BCUT2D eigenvalue weighted by molar-refractivity contribution is 6.02. The smallest absolute Gasteiger partial charge is 0.273 e. The van der Waals surface area contributed by atoms with Crippen molar-refractivity contribution in [3.63, 3.8) is 0 Å². The number of rotatable bonds is 1. The number of nitrogens with two attached hydrogens (primary N) is 1. The van der Waals surface area contributed by atoms with E-state index in [-0.39, 0.29) is 11.6 Å². The number of nitrogens with zero attached hydrogens (tertiary/aromatic N) is 1. The molecule has 4 N–H and O–H groups in total. The number of amides is 4. The second kappa shape index (κ2) is 4.97. The highest BCUT2D eigenvalue weighted by atomic mass is 16.2. The van der Waals surface area contributed by atoms with E-state index in [1.807, 2.05) is 0 Å². The van der Waals surface area contributed by atoms with E-state index in [1.54, 1.807) is 0 Å². The van der Waals surface area contributed by atoms with Gasteiger partial charge in [-0.05, 0) is 6.92 Å². The van der Waals surface area contributed by atoms with Crippen molar-refractivity contribution < 1.29 is 14.4 Å². The maximum atomic E-state index is 10.8. The van der Waals surface area contributed by atoms with Gasteiger partial charge in [-0.3, -0.25) is 9.59 Å². The number of hydrogen-bond acceptors (Lipinski definition) is 4. The Morgan fingerprint density at radius 2 is 1.71 bits per heavy atom. The third-order valence-corrected chi connectivity index (χ3v) is 1.15. The summed E-state index contributed by atoms with van der Waals surface area (Å²) in [5, 5.41) is 0.530. The molecule has 0 aromatic rings. The van der Waals surface area contributed by atoms with Gasteiger partial charge in [0.05, 0.1) is 0 Å². The van der Waals surface area contributed by atoms with Crippen LogP contribution in [0, 0.1) is 0 Å². The highest BCUT2D eigenvalue weighted by Crippen LogP contribution is 1.92. The molecule has 14 heavy (non-hydrogen) atoms. The number of hydrazine groups is 2.